The molecule has 0 unspecified atom stereocenters. The minimum absolute atomic E-state index is 0.142. The molecule has 1 aliphatic rings. The minimum Gasteiger partial charge on any atom is -0.467 e. The molecular formula is C12H14ClN3O3. The van der Waals surface area contributed by atoms with Crippen molar-refractivity contribution in [2.24, 2.45) is 0 Å². The summed E-state index contributed by atoms with van der Waals surface area (Å²) in [5.74, 6) is -0.742. The number of amides is 1. The second kappa shape index (κ2) is 5.97. The number of ether oxygens (including phenoxy) is 1. The van der Waals surface area contributed by atoms with E-state index in [4.69, 9.17) is 16.3 Å². The Morgan fingerprint density at radius 2 is 2.21 bits per heavy atom. The predicted octanol–water partition coefficient (Wildman–Crippen LogP) is 1.30. The third kappa shape index (κ3) is 3.01. The van der Waals surface area contributed by atoms with Gasteiger partial charge < -0.3 is 9.64 Å². The molecule has 1 amide bonds. The van der Waals surface area contributed by atoms with Crippen LogP contribution in [0.1, 0.15) is 29.8 Å². The maximum atomic E-state index is 12.3. The molecule has 0 spiro atoms. The molecule has 0 radical (unpaired) electrons. The van der Waals surface area contributed by atoms with Gasteiger partial charge in [0, 0.05) is 6.54 Å². The number of hydrogen-bond donors (Lipinski definition) is 0. The molecule has 0 bridgehead atoms. The molecule has 1 aliphatic heterocycles. The van der Waals surface area contributed by atoms with Gasteiger partial charge in [0.05, 0.1) is 19.5 Å². The number of esters is 1. The molecule has 102 valence electrons. The number of rotatable bonds is 2. The molecular weight excluding hydrogens is 270 g/mol. The molecule has 1 fully saturated rings. The lowest BCUT2D eigenvalue weighted by atomic mass is 10.0. The van der Waals surface area contributed by atoms with Gasteiger partial charge in [0.2, 0.25) is 0 Å². The summed E-state index contributed by atoms with van der Waals surface area (Å²) in [5.41, 5.74) is 0.142. The first-order valence-corrected chi connectivity index (χ1v) is 6.37. The molecule has 19 heavy (non-hydrogen) atoms. The van der Waals surface area contributed by atoms with E-state index >= 15 is 0 Å². The van der Waals surface area contributed by atoms with Crippen molar-refractivity contribution >= 4 is 23.5 Å². The van der Waals surface area contributed by atoms with Crippen molar-refractivity contribution < 1.29 is 14.3 Å². The van der Waals surface area contributed by atoms with E-state index in [1.54, 1.807) is 0 Å². The van der Waals surface area contributed by atoms with Crippen LogP contribution in [0.25, 0.3) is 0 Å². The summed E-state index contributed by atoms with van der Waals surface area (Å²) in [6.07, 6.45) is 5.05. The van der Waals surface area contributed by atoms with Gasteiger partial charge in [0.1, 0.15) is 16.9 Å². The van der Waals surface area contributed by atoms with Gasteiger partial charge >= 0.3 is 5.97 Å². The largest absolute Gasteiger partial charge is 0.467 e. The van der Waals surface area contributed by atoms with Crippen LogP contribution in [0.5, 0.6) is 0 Å². The molecule has 7 heteroatoms. The summed E-state index contributed by atoms with van der Waals surface area (Å²) in [7, 11) is 1.32. The Morgan fingerprint density at radius 1 is 1.42 bits per heavy atom. The van der Waals surface area contributed by atoms with Gasteiger partial charge in [0.25, 0.3) is 5.91 Å². The fourth-order valence-electron chi connectivity index (χ4n) is 2.15. The monoisotopic (exact) mass is 283 g/mol. The lowest BCUT2D eigenvalue weighted by Crippen LogP contribution is -2.48. The van der Waals surface area contributed by atoms with Gasteiger partial charge in [-0.3, -0.25) is 9.78 Å². The van der Waals surface area contributed by atoms with Crippen molar-refractivity contribution in [3.8, 4) is 0 Å². The number of likely N-dealkylation sites (tertiary alicyclic amines) is 1. The summed E-state index contributed by atoms with van der Waals surface area (Å²) in [5, 5.41) is 0.150. The molecule has 0 saturated carbocycles. The fraction of sp³-hybridized carbons (Fsp3) is 0.500. The average Bonchev–Trinajstić information content (AvgIpc) is 2.45. The highest BCUT2D eigenvalue weighted by Gasteiger charge is 2.33. The first-order valence-electron chi connectivity index (χ1n) is 6.00. The quantitative estimate of drug-likeness (QED) is 0.765. The number of hydrogen-bond acceptors (Lipinski definition) is 5. The second-order valence-corrected chi connectivity index (χ2v) is 4.65. The Bertz CT molecular complexity index is 495. The van der Waals surface area contributed by atoms with Crippen molar-refractivity contribution in [3.63, 3.8) is 0 Å². The number of aromatic nitrogens is 2. The topological polar surface area (TPSA) is 72.4 Å². The highest BCUT2D eigenvalue weighted by molar-refractivity contribution is 6.29. The van der Waals surface area contributed by atoms with Crippen LogP contribution in [0.4, 0.5) is 0 Å². The molecule has 1 aromatic rings. The number of nitrogens with zero attached hydrogens (tertiary/aromatic N) is 3. The molecule has 1 atom stereocenters. The Hall–Kier alpha value is -1.69. The maximum absolute atomic E-state index is 12.3. The summed E-state index contributed by atoms with van der Waals surface area (Å²) >= 11 is 5.72. The van der Waals surface area contributed by atoms with Gasteiger partial charge in [-0.05, 0) is 19.3 Å². The molecule has 2 heterocycles. The van der Waals surface area contributed by atoms with Gasteiger partial charge in [-0.25, -0.2) is 9.78 Å². The van der Waals surface area contributed by atoms with Crippen LogP contribution in [-0.2, 0) is 9.53 Å². The summed E-state index contributed by atoms with van der Waals surface area (Å²) < 4.78 is 4.73. The van der Waals surface area contributed by atoms with Crippen molar-refractivity contribution in [1.29, 1.82) is 0 Å². The smallest absolute Gasteiger partial charge is 0.328 e. The van der Waals surface area contributed by atoms with Crippen LogP contribution in [0.15, 0.2) is 12.4 Å². The third-order valence-corrected chi connectivity index (χ3v) is 3.24. The highest BCUT2D eigenvalue weighted by atomic mass is 35.5. The van der Waals surface area contributed by atoms with E-state index in [-0.39, 0.29) is 16.8 Å². The number of piperidine rings is 1. The number of halogens is 1. The van der Waals surface area contributed by atoms with Crippen molar-refractivity contribution in [2.75, 3.05) is 13.7 Å². The SMILES string of the molecule is COC(=O)[C@H]1CCCCN1C(=O)c1cncc(Cl)n1. The van der Waals surface area contributed by atoms with E-state index in [9.17, 15) is 9.59 Å². The standard InChI is InChI=1S/C12H14ClN3O3/c1-19-12(18)9-4-2-3-5-16(9)11(17)8-6-14-7-10(13)15-8/h6-7,9H,2-5H2,1H3/t9-/m1/s1. The van der Waals surface area contributed by atoms with Gasteiger partial charge in [0.15, 0.2) is 0 Å². The fourth-order valence-corrected chi connectivity index (χ4v) is 2.30. The first kappa shape index (κ1) is 13.7. The number of carbonyl (C=O) groups excluding carboxylic acids is 2. The van der Waals surface area contributed by atoms with E-state index in [1.165, 1.54) is 24.4 Å². The van der Waals surface area contributed by atoms with Crippen molar-refractivity contribution in [1.82, 2.24) is 14.9 Å². The zero-order valence-electron chi connectivity index (χ0n) is 10.5. The molecule has 0 aromatic carbocycles. The second-order valence-electron chi connectivity index (χ2n) is 4.26. The summed E-state index contributed by atoms with van der Waals surface area (Å²) in [6, 6.07) is -0.549. The zero-order chi connectivity index (χ0) is 13.8. The number of methoxy groups -OCH3 is 1. The van der Waals surface area contributed by atoms with Crippen LogP contribution < -0.4 is 0 Å². The Labute approximate surface area is 115 Å². The summed E-state index contributed by atoms with van der Waals surface area (Å²) in [4.78, 5) is 33.3. The van der Waals surface area contributed by atoms with Crippen LogP contribution in [-0.4, -0.2) is 46.4 Å². The van der Waals surface area contributed by atoms with Crippen molar-refractivity contribution in [2.45, 2.75) is 25.3 Å². The first-order chi connectivity index (χ1) is 9.13. The molecule has 2 rings (SSSR count). The highest BCUT2D eigenvalue weighted by Crippen LogP contribution is 2.20. The minimum atomic E-state index is -0.549. The predicted molar refractivity (Wildman–Crippen MR) is 67.7 cm³/mol. The Morgan fingerprint density at radius 3 is 2.89 bits per heavy atom. The van der Waals surface area contributed by atoms with Gasteiger partial charge in [-0.15, -0.1) is 0 Å². The van der Waals surface area contributed by atoms with E-state index in [0.29, 0.717) is 13.0 Å². The van der Waals surface area contributed by atoms with E-state index < -0.39 is 12.0 Å². The van der Waals surface area contributed by atoms with Crippen molar-refractivity contribution in [3.05, 3.63) is 23.2 Å². The molecule has 0 N–H and O–H groups in total. The molecule has 6 nitrogen and oxygen atoms in total. The van der Waals surface area contributed by atoms with Gasteiger partial charge in [-0.1, -0.05) is 11.6 Å². The third-order valence-electron chi connectivity index (χ3n) is 3.06. The molecule has 1 aromatic heterocycles. The van der Waals surface area contributed by atoms with E-state index in [2.05, 4.69) is 9.97 Å². The molecule has 0 aliphatic carbocycles. The zero-order valence-corrected chi connectivity index (χ0v) is 11.3. The normalized spacial score (nSPS) is 19.1. The van der Waals surface area contributed by atoms with E-state index in [0.717, 1.165) is 12.8 Å². The van der Waals surface area contributed by atoms with Crippen LogP contribution in [0.3, 0.4) is 0 Å². The lowest BCUT2D eigenvalue weighted by Gasteiger charge is -2.33. The van der Waals surface area contributed by atoms with Crippen LogP contribution in [0.2, 0.25) is 5.15 Å². The summed E-state index contributed by atoms with van der Waals surface area (Å²) in [6.45, 7) is 0.507. The number of carbonyl (C=O) groups is 2. The average molecular weight is 284 g/mol. The Balaban J connectivity index is 2.22. The van der Waals surface area contributed by atoms with E-state index in [1.807, 2.05) is 0 Å². The molecule has 1 saturated heterocycles. The van der Waals surface area contributed by atoms with Crippen LogP contribution in [0, 0.1) is 0 Å². The van der Waals surface area contributed by atoms with Crippen LogP contribution >= 0.6 is 11.6 Å². The van der Waals surface area contributed by atoms with Gasteiger partial charge in [-0.2, -0.15) is 0 Å². The lowest BCUT2D eigenvalue weighted by molar-refractivity contribution is -0.147. The Kier molecular flexibility index (Phi) is 4.31. The maximum Gasteiger partial charge on any atom is 0.328 e.